The van der Waals surface area contributed by atoms with E-state index in [0.717, 1.165) is 39.0 Å². The zero-order chi connectivity index (χ0) is 21.0. The van der Waals surface area contributed by atoms with Gasteiger partial charge in [-0.25, -0.2) is 0 Å². The van der Waals surface area contributed by atoms with Gasteiger partial charge in [0.1, 0.15) is 17.1 Å². The summed E-state index contributed by atoms with van der Waals surface area (Å²) in [6, 6.07) is 21.2. The van der Waals surface area contributed by atoms with Crippen LogP contribution in [0.15, 0.2) is 88.0 Å². The van der Waals surface area contributed by atoms with Crippen LogP contribution < -0.4 is 10.6 Å². The van der Waals surface area contributed by atoms with Crippen molar-refractivity contribution in [2.75, 3.05) is 0 Å². The van der Waals surface area contributed by atoms with Crippen molar-refractivity contribution in [3.8, 4) is 0 Å². The second-order valence-electron chi connectivity index (χ2n) is 7.54. The third-order valence-electron chi connectivity index (χ3n) is 5.43. The van der Waals surface area contributed by atoms with Gasteiger partial charge in [-0.2, -0.15) is 0 Å². The molecular formula is C25H23N3O3. The first-order valence-corrected chi connectivity index (χ1v) is 10.3. The van der Waals surface area contributed by atoms with Crippen molar-refractivity contribution in [1.29, 1.82) is 0 Å². The Morgan fingerprint density at radius 1 is 0.968 bits per heavy atom. The maximum atomic E-state index is 13.0. The SMILES string of the molecule is O=C(NCc1ccco1)C(Cc1c[nH]c2ccccc12)NCc1cc2ccccc2o1. The topological polar surface area (TPSA) is 83.2 Å². The fourth-order valence-electron chi connectivity index (χ4n) is 3.84. The second kappa shape index (κ2) is 8.53. The summed E-state index contributed by atoms with van der Waals surface area (Å²) >= 11 is 0. The van der Waals surface area contributed by atoms with Gasteiger partial charge in [-0.1, -0.05) is 36.4 Å². The van der Waals surface area contributed by atoms with Gasteiger partial charge in [0.05, 0.1) is 25.4 Å². The third kappa shape index (κ3) is 4.25. The number of amides is 1. The Hall–Kier alpha value is -3.77. The Morgan fingerprint density at radius 2 is 1.84 bits per heavy atom. The van der Waals surface area contributed by atoms with E-state index < -0.39 is 6.04 Å². The van der Waals surface area contributed by atoms with Crippen molar-refractivity contribution in [3.63, 3.8) is 0 Å². The van der Waals surface area contributed by atoms with Crippen LogP contribution in [0.3, 0.4) is 0 Å². The maximum absolute atomic E-state index is 13.0. The predicted molar refractivity (Wildman–Crippen MR) is 119 cm³/mol. The van der Waals surface area contributed by atoms with Crippen LogP contribution in [0.25, 0.3) is 21.9 Å². The van der Waals surface area contributed by atoms with E-state index in [2.05, 4.69) is 21.7 Å². The largest absolute Gasteiger partial charge is 0.467 e. The van der Waals surface area contributed by atoms with E-state index >= 15 is 0 Å². The molecule has 31 heavy (non-hydrogen) atoms. The molecule has 3 N–H and O–H groups in total. The van der Waals surface area contributed by atoms with Crippen molar-refractivity contribution >= 4 is 27.8 Å². The first-order valence-electron chi connectivity index (χ1n) is 10.3. The fraction of sp³-hybridized carbons (Fsp3) is 0.160. The van der Waals surface area contributed by atoms with Gasteiger partial charge in [0.25, 0.3) is 0 Å². The van der Waals surface area contributed by atoms with Crippen LogP contribution >= 0.6 is 0 Å². The Bertz CT molecular complexity index is 1270. The van der Waals surface area contributed by atoms with Crippen molar-refractivity contribution < 1.29 is 13.6 Å². The first kappa shape index (κ1) is 19.2. The minimum Gasteiger partial charge on any atom is -0.467 e. The lowest BCUT2D eigenvalue weighted by atomic mass is 10.0. The molecule has 156 valence electrons. The highest BCUT2D eigenvalue weighted by molar-refractivity contribution is 5.86. The molecule has 0 radical (unpaired) electrons. The van der Waals surface area contributed by atoms with Gasteiger partial charge in [-0.05, 0) is 42.3 Å². The molecule has 6 nitrogen and oxygen atoms in total. The number of nitrogens with one attached hydrogen (secondary N) is 3. The number of aromatic amines is 1. The maximum Gasteiger partial charge on any atom is 0.237 e. The molecule has 6 heteroatoms. The van der Waals surface area contributed by atoms with Crippen LogP contribution in [-0.4, -0.2) is 16.9 Å². The highest BCUT2D eigenvalue weighted by atomic mass is 16.3. The summed E-state index contributed by atoms with van der Waals surface area (Å²) < 4.78 is 11.2. The van der Waals surface area contributed by atoms with E-state index in [1.54, 1.807) is 6.26 Å². The van der Waals surface area contributed by atoms with E-state index in [0.29, 0.717) is 19.5 Å². The normalized spacial score (nSPS) is 12.4. The van der Waals surface area contributed by atoms with Crippen LogP contribution in [0.5, 0.6) is 0 Å². The number of H-pyrrole nitrogens is 1. The number of benzene rings is 2. The average Bonchev–Trinajstić information content (AvgIpc) is 3.54. The van der Waals surface area contributed by atoms with Gasteiger partial charge in [0, 0.05) is 22.5 Å². The highest BCUT2D eigenvalue weighted by Gasteiger charge is 2.21. The Morgan fingerprint density at radius 3 is 2.71 bits per heavy atom. The molecule has 0 bridgehead atoms. The summed E-state index contributed by atoms with van der Waals surface area (Å²) in [7, 11) is 0. The number of carbonyl (C=O) groups is 1. The molecule has 0 aliphatic carbocycles. The molecular weight excluding hydrogens is 390 g/mol. The first-order chi connectivity index (χ1) is 15.3. The Labute approximate surface area is 179 Å². The molecule has 1 amide bonds. The van der Waals surface area contributed by atoms with E-state index in [-0.39, 0.29) is 5.91 Å². The van der Waals surface area contributed by atoms with Crippen LogP contribution in [0.1, 0.15) is 17.1 Å². The van der Waals surface area contributed by atoms with Crippen molar-refractivity contribution in [2.45, 2.75) is 25.6 Å². The van der Waals surface area contributed by atoms with Gasteiger partial charge in [0.15, 0.2) is 0 Å². The summed E-state index contributed by atoms with van der Waals surface area (Å²) in [5.41, 5.74) is 2.99. The number of para-hydroxylation sites is 2. The van der Waals surface area contributed by atoms with Gasteiger partial charge in [-0.15, -0.1) is 0 Å². The van der Waals surface area contributed by atoms with Crippen molar-refractivity contribution in [2.24, 2.45) is 0 Å². The summed E-state index contributed by atoms with van der Waals surface area (Å²) in [5.74, 6) is 1.43. The zero-order valence-electron chi connectivity index (χ0n) is 16.9. The molecule has 0 spiro atoms. The molecule has 1 unspecified atom stereocenters. The summed E-state index contributed by atoms with van der Waals surface area (Å²) in [6.07, 6.45) is 4.12. The summed E-state index contributed by atoms with van der Waals surface area (Å²) in [6.45, 7) is 0.804. The van der Waals surface area contributed by atoms with Crippen molar-refractivity contribution in [3.05, 3.63) is 96.3 Å². The van der Waals surface area contributed by atoms with E-state index in [1.165, 1.54) is 0 Å². The number of fused-ring (bicyclic) bond motifs is 2. The number of hydrogen-bond acceptors (Lipinski definition) is 4. The smallest absolute Gasteiger partial charge is 0.237 e. The lowest BCUT2D eigenvalue weighted by molar-refractivity contribution is -0.123. The van der Waals surface area contributed by atoms with Gasteiger partial charge < -0.3 is 19.1 Å². The fourth-order valence-corrected chi connectivity index (χ4v) is 3.84. The summed E-state index contributed by atoms with van der Waals surface area (Å²) in [5, 5.41) is 8.52. The minimum atomic E-state index is -0.428. The molecule has 2 aromatic carbocycles. The van der Waals surface area contributed by atoms with Gasteiger partial charge in [0.2, 0.25) is 5.91 Å². The van der Waals surface area contributed by atoms with Crippen LogP contribution in [0, 0.1) is 0 Å². The lowest BCUT2D eigenvalue weighted by Gasteiger charge is -2.17. The number of aromatic nitrogens is 1. The molecule has 5 rings (SSSR count). The quantitative estimate of drug-likeness (QED) is 0.349. The van der Waals surface area contributed by atoms with Crippen molar-refractivity contribution in [1.82, 2.24) is 15.6 Å². The molecule has 0 saturated carbocycles. The number of rotatable bonds is 8. The van der Waals surface area contributed by atoms with Crippen LogP contribution in [-0.2, 0) is 24.3 Å². The highest BCUT2D eigenvalue weighted by Crippen LogP contribution is 2.21. The minimum absolute atomic E-state index is 0.0854. The summed E-state index contributed by atoms with van der Waals surface area (Å²) in [4.78, 5) is 16.3. The molecule has 0 aliphatic heterocycles. The molecule has 1 atom stereocenters. The molecule has 3 aromatic heterocycles. The van der Waals surface area contributed by atoms with Crippen LogP contribution in [0.4, 0.5) is 0 Å². The predicted octanol–water partition coefficient (Wildman–Crippen LogP) is 4.52. The van der Waals surface area contributed by atoms with E-state index in [4.69, 9.17) is 8.83 Å². The Balaban J connectivity index is 1.34. The number of furan rings is 2. The van der Waals surface area contributed by atoms with Gasteiger partial charge in [-0.3, -0.25) is 10.1 Å². The molecule has 5 aromatic rings. The lowest BCUT2D eigenvalue weighted by Crippen LogP contribution is -2.45. The zero-order valence-corrected chi connectivity index (χ0v) is 16.9. The van der Waals surface area contributed by atoms with E-state index in [9.17, 15) is 4.79 Å². The average molecular weight is 413 g/mol. The molecule has 0 aliphatic rings. The molecule has 0 fully saturated rings. The third-order valence-corrected chi connectivity index (χ3v) is 5.43. The van der Waals surface area contributed by atoms with Crippen LogP contribution in [0.2, 0.25) is 0 Å². The molecule has 3 heterocycles. The number of hydrogen-bond donors (Lipinski definition) is 3. The number of carbonyl (C=O) groups excluding carboxylic acids is 1. The Kier molecular flexibility index (Phi) is 5.29. The molecule has 0 saturated heterocycles. The van der Waals surface area contributed by atoms with Gasteiger partial charge >= 0.3 is 0 Å². The standard InChI is InChI=1S/C25H23N3O3/c29-25(28-15-19-7-5-11-30-19)23(13-18-14-26-22-9-3-2-8-21(18)22)27-16-20-12-17-6-1-4-10-24(17)31-20/h1-12,14,23,26-27H,13,15-16H2,(H,28,29). The monoisotopic (exact) mass is 413 g/mol. The second-order valence-corrected chi connectivity index (χ2v) is 7.54. The van der Waals surface area contributed by atoms with E-state index in [1.807, 2.05) is 66.9 Å².